The molecule has 16 heavy (non-hydrogen) atoms. The van der Waals surface area contributed by atoms with Gasteiger partial charge in [-0.1, -0.05) is 12.1 Å². The zero-order valence-electron chi connectivity index (χ0n) is 8.08. The average Bonchev–Trinajstić information content (AvgIpc) is 3.10. The summed E-state index contributed by atoms with van der Waals surface area (Å²) in [5.74, 6) is -0.321. The van der Waals surface area contributed by atoms with Gasteiger partial charge < -0.3 is 0 Å². The number of aromatic amines is 2. The van der Waals surface area contributed by atoms with Crippen LogP contribution in [0.4, 0.5) is 5.69 Å². The Labute approximate surface area is 89.5 Å². The van der Waals surface area contributed by atoms with Crippen LogP contribution in [0.3, 0.4) is 0 Å². The number of rotatable bonds is 3. The fourth-order valence-corrected chi connectivity index (χ4v) is 1.17. The summed E-state index contributed by atoms with van der Waals surface area (Å²) in [6, 6.07) is 6.21. The van der Waals surface area contributed by atoms with E-state index in [0.29, 0.717) is 5.56 Å². The van der Waals surface area contributed by atoms with Crippen LogP contribution >= 0.6 is 0 Å². The van der Waals surface area contributed by atoms with Crippen LogP contribution in [0.1, 0.15) is 10.4 Å². The van der Waals surface area contributed by atoms with Gasteiger partial charge in [-0.15, -0.1) is 4.80 Å². The molecule has 0 radical (unpaired) electrons. The van der Waals surface area contributed by atoms with Crippen LogP contribution < -0.4 is 0 Å². The highest BCUT2D eigenvalue weighted by molar-refractivity contribution is 5.93. The number of H-pyrrole nitrogens is 2. The summed E-state index contributed by atoms with van der Waals surface area (Å²) >= 11 is 0. The van der Waals surface area contributed by atoms with Crippen LogP contribution in [0.15, 0.2) is 30.3 Å². The van der Waals surface area contributed by atoms with Crippen LogP contribution in [-0.2, 0) is 0 Å². The van der Waals surface area contributed by atoms with Crippen LogP contribution in [0, 0.1) is 10.1 Å². The van der Waals surface area contributed by atoms with Crippen molar-refractivity contribution in [2.75, 3.05) is 0 Å². The maximum Gasteiger partial charge on any atom is 0.286 e. The number of carbonyl (C=O) groups is 1. The fraction of sp³-hybridized carbons (Fsp3) is 0. The molecule has 0 saturated heterocycles. The number of hydrogen-bond donors (Lipinski definition) is 2. The Hall–Kier alpha value is -2.57. The van der Waals surface area contributed by atoms with Gasteiger partial charge in [0.1, 0.15) is 0 Å². The number of carbonyl (C=O) groups excluding carboxylic acids is 1. The van der Waals surface area contributed by atoms with Crippen LogP contribution in [0.25, 0.3) is 6.08 Å². The molecule has 0 fully saturated rings. The molecule has 0 aliphatic rings. The summed E-state index contributed by atoms with van der Waals surface area (Å²) in [5.41, 5.74) is 0.362. The van der Waals surface area contributed by atoms with Gasteiger partial charge in [-0.2, -0.15) is 0 Å². The molecule has 1 aromatic carbocycles. The Morgan fingerprint density at radius 2 is 2.06 bits per heavy atom. The van der Waals surface area contributed by atoms with E-state index < -0.39 is 4.92 Å². The average molecular weight is 220 g/mol. The second kappa shape index (κ2) is 3.89. The molecule has 1 aromatic heterocycles. The predicted octanol–water partition coefficient (Wildman–Crippen LogP) is 1.41. The molecule has 2 aromatic rings. The molecule has 7 nitrogen and oxygen atoms in total. The maximum atomic E-state index is 11.2. The lowest BCUT2D eigenvalue weighted by molar-refractivity contribution is -0.385. The van der Waals surface area contributed by atoms with E-state index in [1.54, 1.807) is 18.2 Å². The third kappa shape index (κ3) is 2.08. The van der Waals surface area contributed by atoms with Gasteiger partial charge in [-0.3, -0.25) is 14.9 Å². The second-order valence-electron chi connectivity index (χ2n) is 3.05. The number of allylic oxidation sites excluding steroid dienone is 1. The largest absolute Gasteiger partial charge is 0.286 e. The Morgan fingerprint density at radius 3 is 2.69 bits per heavy atom. The number of nitrogens with one attached hydrogen (secondary N) is 2. The molecule has 2 N–H and O–H groups in total. The minimum Gasteiger partial charge on any atom is -0.266 e. The SMILES string of the molecule is O=C(C=Cc1ccccc1[N+](=O)[O-])n1[nH][nH]1. The smallest absolute Gasteiger partial charge is 0.266 e. The Bertz CT molecular complexity index is 537. The molecule has 0 aliphatic heterocycles. The van der Waals surface area contributed by atoms with Gasteiger partial charge >= 0.3 is 0 Å². The summed E-state index contributed by atoms with van der Waals surface area (Å²) in [4.78, 5) is 22.5. The first-order valence-electron chi connectivity index (χ1n) is 4.45. The topological polar surface area (TPSA) is 96.7 Å². The first-order valence-corrected chi connectivity index (χ1v) is 4.45. The normalized spacial score (nSPS) is 11.0. The zero-order valence-corrected chi connectivity index (χ0v) is 8.08. The van der Waals surface area contributed by atoms with Crippen molar-refractivity contribution in [3.8, 4) is 0 Å². The van der Waals surface area contributed by atoms with Gasteiger partial charge in [-0.05, 0) is 12.1 Å². The molecule has 0 spiro atoms. The van der Waals surface area contributed by atoms with E-state index in [1.807, 2.05) is 0 Å². The number of benzene rings is 1. The van der Waals surface area contributed by atoms with E-state index in [2.05, 4.69) is 10.4 Å². The highest BCUT2D eigenvalue weighted by Crippen LogP contribution is 2.18. The highest BCUT2D eigenvalue weighted by atomic mass is 16.6. The van der Waals surface area contributed by atoms with Crippen molar-refractivity contribution in [1.82, 2.24) is 15.2 Å². The third-order valence-electron chi connectivity index (χ3n) is 1.98. The molecule has 1 heterocycles. The summed E-state index contributed by atoms with van der Waals surface area (Å²) in [6.45, 7) is 0. The number of hydrogen-bond acceptors (Lipinski definition) is 3. The Kier molecular flexibility index (Phi) is 2.42. The van der Waals surface area contributed by atoms with E-state index in [0.717, 1.165) is 4.80 Å². The molecule has 82 valence electrons. The number of aromatic nitrogens is 3. The van der Waals surface area contributed by atoms with Crippen molar-refractivity contribution in [2.24, 2.45) is 0 Å². The quantitative estimate of drug-likeness (QED) is 0.464. The number of nitro groups is 1. The first kappa shape index (κ1) is 9.97. The van der Waals surface area contributed by atoms with Gasteiger partial charge in [-0.25, -0.2) is 10.4 Å². The second-order valence-corrected chi connectivity index (χ2v) is 3.05. The maximum absolute atomic E-state index is 11.2. The van der Waals surface area contributed by atoms with Crippen LogP contribution in [-0.4, -0.2) is 26.1 Å². The van der Waals surface area contributed by atoms with Crippen LogP contribution in [0.5, 0.6) is 0 Å². The lowest BCUT2D eigenvalue weighted by Gasteiger charge is -1.95. The van der Waals surface area contributed by atoms with E-state index in [9.17, 15) is 14.9 Å². The number of para-hydroxylation sites is 1. The van der Waals surface area contributed by atoms with Gasteiger partial charge in [0.25, 0.3) is 11.6 Å². The zero-order chi connectivity index (χ0) is 11.5. The summed E-state index contributed by atoms with van der Waals surface area (Å²) in [5, 5.41) is 15.6. The molecule has 0 saturated carbocycles. The van der Waals surface area contributed by atoms with Gasteiger partial charge in [0.15, 0.2) is 0 Å². The number of nitrogens with zero attached hydrogens (tertiary/aromatic N) is 2. The molecular weight excluding hydrogens is 212 g/mol. The Morgan fingerprint density at radius 1 is 1.38 bits per heavy atom. The molecule has 7 heteroatoms. The monoisotopic (exact) mass is 220 g/mol. The number of nitro benzene ring substituents is 1. The van der Waals surface area contributed by atoms with Gasteiger partial charge in [0.2, 0.25) is 0 Å². The Balaban J connectivity index is 2.24. The standard InChI is InChI=1S/C9H8N4O3/c14-9(12-10-11-12)6-5-7-3-1-2-4-8(7)13(15)16/h1-6,10-11H. The third-order valence-corrected chi connectivity index (χ3v) is 1.98. The lowest BCUT2D eigenvalue weighted by atomic mass is 10.1. The van der Waals surface area contributed by atoms with Crippen LogP contribution in [0.2, 0.25) is 0 Å². The fourth-order valence-electron chi connectivity index (χ4n) is 1.17. The minimum absolute atomic E-state index is 0.0294. The van der Waals surface area contributed by atoms with Gasteiger partial charge in [0, 0.05) is 12.1 Å². The van der Waals surface area contributed by atoms with E-state index in [1.165, 1.54) is 18.2 Å². The molecule has 0 bridgehead atoms. The summed E-state index contributed by atoms with van der Waals surface area (Å²) < 4.78 is 0. The molecule has 0 unspecified atom stereocenters. The summed E-state index contributed by atoms with van der Waals surface area (Å²) in [7, 11) is 0. The van der Waals surface area contributed by atoms with Gasteiger partial charge in [0.05, 0.1) is 10.5 Å². The van der Waals surface area contributed by atoms with E-state index >= 15 is 0 Å². The van der Waals surface area contributed by atoms with Crippen molar-refractivity contribution in [3.63, 3.8) is 0 Å². The molecular formula is C9H8N4O3. The van der Waals surface area contributed by atoms with E-state index in [4.69, 9.17) is 0 Å². The molecule has 2 rings (SSSR count). The van der Waals surface area contributed by atoms with Crippen molar-refractivity contribution in [2.45, 2.75) is 0 Å². The minimum atomic E-state index is -0.488. The first-order chi connectivity index (χ1) is 7.68. The van der Waals surface area contributed by atoms with Crippen molar-refractivity contribution in [1.29, 1.82) is 0 Å². The van der Waals surface area contributed by atoms with Crippen molar-refractivity contribution < 1.29 is 9.72 Å². The van der Waals surface area contributed by atoms with Crippen molar-refractivity contribution >= 4 is 17.7 Å². The summed E-state index contributed by atoms with van der Waals surface area (Å²) in [6.07, 6.45) is 2.65. The highest BCUT2D eigenvalue weighted by Gasteiger charge is 2.10. The molecule has 0 aliphatic carbocycles. The molecule has 0 amide bonds. The predicted molar refractivity (Wildman–Crippen MR) is 55.9 cm³/mol. The lowest BCUT2D eigenvalue weighted by Crippen LogP contribution is -1.98. The van der Waals surface area contributed by atoms with Crippen molar-refractivity contribution in [3.05, 3.63) is 46.0 Å². The van der Waals surface area contributed by atoms with E-state index in [-0.39, 0.29) is 11.6 Å². The molecule has 0 atom stereocenters.